The molecule has 1 unspecified atom stereocenters. The number of aliphatic carboxylic acids is 1. The Hall–Kier alpha value is -1.75. The van der Waals surface area contributed by atoms with E-state index in [1.165, 1.54) is 0 Å². The van der Waals surface area contributed by atoms with Crippen molar-refractivity contribution in [2.75, 3.05) is 25.0 Å². The van der Waals surface area contributed by atoms with Crippen molar-refractivity contribution >= 4 is 29.2 Å². The number of anilines is 1. The van der Waals surface area contributed by atoms with Crippen LogP contribution in [0.3, 0.4) is 0 Å². The Labute approximate surface area is 122 Å². The molecule has 5 nitrogen and oxygen atoms in total. The molecule has 1 fully saturated rings. The van der Waals surface area contributed by atoms with Crippen LogP contribution in [0.1, 0.15) is 23.7 Å². The molecule has 20 heavy (non-hydrogen) atoms. The number of carboxylic acids is 1. The van der Waals surface area contributed by atoms with E-state index in [-0.39, 0.29) is 12.5 Å². The number of halogens is 1. The van der Waals surface area contributed by atoms with Crippen molar-refractivity contribution in [3.63, 3.8) is 0 Å². The van der Waals surface area contributed by atoms with Gasteiger partial charge < -0.3 is 15.3 Å². The molecular formula is C14H17ClN2O3. The highest BCUT2D eigenvalue weighted by molar-refractivity contribution is 6.31. The van der Waals surface area contributed by atoms with E-state index in [1.54, 1.807) is 23.1 Å². The average molecular weight is 297 g/mol. The van der Waals surface area contributed by atoms with E-state index in [0.717, 1.165) is 5.69 Å². The second-order valence-electron chi connectivity index (χ2n) is 4.80. The van der Waals surface area contributed by atoms with Crippen LogP contribution in [-0.2, 0) is 4.79 Å². The Bertz CT molecular complexity index is 533. The van der Waals surface area contributed by atoms with Crippen LogP contribution in [-0.4, -0.2) is 41.5 Å². The Morgan fingerprint density at radius 2 is 2.25 bits per heavy atom. The summed E-state index contributed by atoms with van der Waals surface area (Å²) in [5.74, 6) is -1.49. The Kier molecular flexibility index (Phi) is 4.49. The van der Waals surface area contributed by atoms with Crippen LogP contribution in [0.5, 0.6) is 0 Å². The molecule has 2 N–H and O–H groups in total. The van der Waals surface area contributed by atoms with Crippen LogP contribution in [0.25, 0.3) is 0 Å². The second kappa shape index (κ2) is 6.13. The lowest BCUT2D eigenvalue weighted by molar-refractivity contribution is -0.141. The topological polar surface area (TPSA) is 69.6 Å². The number of carboxylic acid groups (broad SMARTS) is 1. The molecule has 0 radical (unpaired) electrons. The number of hydrogen-bond donors (Lipinski definition) is 2. The van der Waals surface area contributed by atoms with Gasteiger partial charge in [-0.1, -0.05) is 11.6 Å². The number of nitrogens with zero attached hydrogens (tertiary/aromatic N) is 1. The Morgan fingerprint density at radius 1 is 1.50 bits per heavy atom. The minimum Gasteiger partial charge on any atom is -0.481 e. The highest BCUT2D eigenvalue weighted by Crippen LogP contribution is 2.25. The van der Waals surface area contributed by atoms with Crippen molar-refractivity contribution in [1.82, 2.24) is 4.90 Å². The van der Waals surface area contributed by atoms with E-state index in [1.807, 2.05) is 6.92 Å². The highest BCUT2D eigenvalue weighted by atomic mass is 35.5. The summed E-state index contributed by atoms with van der Waals surface area (Å²) in [4.78, 5) is 25.0. The molecule has 1 atom stereocenters. The number of carbonyl (C=O) groups is 2. The fourth-order valence-electron chi connectivity index (χ4n) is 2.35. The molecule has 108 valence electrons. The number of carbonyl (C=O) groups excluding carboxylic acids is 1. The normalized spacial score (nSPS) is 18.1. The maximum atomic E-state index is 12.5. The lowest BCUT2D eigenvalue weighted by Crippen LogP contribution is -2.30. The predicted octanol–water partition coefficient (Wildman–Crippen LogP) is 2.32. The molecule has 0 aliphatic carbocycles. The second-order valence-corrected chi connectivity index (χ2v) is 5.23. The molecule has 0 spiro atoms. The first-order valence-electron chi connectivity index (χ1n) is 6.58. The zero-order valence-electron chi connectivity index (χ0n) is 11.2. The molecule has 6 heteroatoms. The maximum Gasteiger partial charge on any atom is 0.308 e. The highest BCUT2D eigenvalue weighted by Gasteiger charge is 2.32. The van der Waals surface area contributed by atoms with Crippen molar-refractivity contribution < 1.29 is 14.7 Å². The molecule has 1 aliphatic rings. The molecule has 1 heterocycles. The van der Waals surface area contributed by atoms with E-state index in [9.17, 15) is 9.59 Å². The van der Waals surface area contributed by atoms with E-state index < -0.39 is 11.9 Å². The maximum absolute atomic E-state index is 12.5. The van der Waals surface area contributed by atoms with Crippen molar-refractivity contribution in [3.8, 4) is 0 Å². The smallest absolute Gasteiger partial charge is 0.308 e. The SMILES string of the molecule is CCNc1ccc(Cl)cc1C(=O)N1CCC(C(=O)O)C1. The minimum atomic E-state index is -0.849. The number of benzene rings is 1. The zero-order valence-corrected chi connectivity index (χ0v) is 12.0. The monoisotopic (exact) mass is 296 g/mol. The van der Waals surface area contributed by atoms with Gasteiger partial charge in [-0.3, -0.25) is 9.59 Å². The quantitative estimate of drug-likeness (QED) is 0.894. The van der Waals surface area contributed by atoms with Gasteiger partial charge in [-0.05, 0) is 31.5 Å². The molecule has 1 amide bonds. The zero-order chi connectivity index (χ0) is 14.7. The van der Waals surface area contributed by atoms with Crippen LogP contribution in [0.2, 0.25) is 5.02 Å². The summed E-state index contributed by atoms with van der Waals surface area (Å²) < 4.78 is 0. The largest absolute Gasteiger partial charge is 0.481 e. The van der Waals surface area contributed by atoms with Gasteiger partial charge in [-0.15, -0.1) is 0 Å². The van der Waals surface area contributed by atoms with Gasteiger partial charge in [-0.25, -0.2) is 0 Å². The fourth-order valence-corrected chi connectivity index (χ4v) is 2.53. The van der Waals surface area contributed by atoms with Crippen LogP contribution in [0.15, 0.2) is 18.2 Å². The standard InChI is InChI=1S/C14H17ClN2O3/c1-2-16-12-4-3-10(15)7-11(12)13(18)17-6-5-9(8-17)14(19)20/h3-4,7,9,16H,2,5-6,8H2,1H3,(H,19,20). The van der Waals surface area contributed by atoms with Crippen LogP contribution < -0.4 is 5.32 Å². The number of likely N-dealkylation sites (tertiary alicyclic amines) is 1. The summed E-state index contributed by atoms with van der Waals surface area (Å²) in [5.41, 5.74) is 1.21. The Morgan fingerprint density at radius 3 is 2.85 bits per heavy atom. The van der Waals surface area contributed by atoms with Crippen LogP contribution in [0, 0.1) is 5.92 Å². The van der Waals surface area contributed by atoms with Gasteiger partial charge in [0.05, 0.1) is 11.5 Å². The van der Waals surface area contributed by atoms with Crippen molar-refractivity contribution in [1.29, 1.82) is 0 Å². The first-order valence-corrected chi connectivity index (χ1v) is 6.96. The van der Waals surface area contributed by atoms with Gasteiger partial charge in [-0.2, -0.15) is 0 Å². The molecule has 0 bridgehead atoms. The number of hydrogen-bond acceptors (Lipinski definition) is 3. The summed E-state index contributed by atoms with van der Waals surface area (Å²) in [5, 5.41) is 12.6. The first kappa shape index (κ1) is 14.7. The van der Waals surface area contributed by atoms with Gasteiger partial charge >= 0.3 is 5.97 Å². The molecule has 1 saturated heterocycles. The molecule has 1 aromatic rings. The number of rotatable bonds is 4. The molecule has 0 saturated carbocycles. The molecule has 1 aliphatic heterocycles. The van der Waals surface area contributed by atoms with Gasteiger partial charge in [0.1, 0.15) is 0 Å². The van der Waals surface area contributed by atoms with E-state index in [2.05, 4.69) is 5.32 Å². The van der Waals surface area contributed by atoms with Crippen LogP contribution >= 0.6 is 11.6 Å². The molecule has 2 rings (SSSR count). The summed E-state index contributed by atoms with van der Waals surface area (Å²) in [6.45, 7) is 3.36. The molecule has 0 aromatic heterocycles. The fraction of sp³-hybridized carbons (Fsp3) is 0.429. The minimum absolute atomic E-state index is 0.174. The van der Waals surface area contributed by atoms with Gasteiger partial charge in [0.15, 0.2) is 0 Å². The third-order valence-electron chi connectivity index (χ3n) is 3.40. The summed E-state index contributed by atoms with van der Waals surface area (Å²) in [6, 6.07) is 5.11. The van der Waals surface area contributed by atoms with Gasteiger partial charge in [0.25, 0.3) is 5.91 Å². The van der Waals surface area contributed by atoms with Crippen LogP contribution in [0.4, 0.5) is 5.69 Å². The van der Waals surface area contributed by atoms with Gasteiger partial charge in [0.2, 0.25) is 0 Å². The summed E-state index contributed by atoms with van der Waals surface area (Å²) >= 11 is 5.95. The third-order valence-corrected chi connectivity index (χ3v) is 3.64. The van der Waals surface area contributed by atoms with Crippen molar-refractivity contribution in [2.45, 2.75) is 13.3 Å². The van der Waals surface area contributed by atoms with Gasteiger partial charge in [0, 0.05) is 30.3 Å². The third kappa shape index (κ3) is 3.04. The average Bonchev–Trinajstić information content (AvgIpc) is 2.90. The lowest BCUT2D eigenvalue weighted by Gasteiger charge is -2.18. The van der Waals surface area contributed by atoms with E-state index >= 15 is 0 Å². The molecular weight excluding hydrogens is 280 g/mol. The summed E-state index contributed by atoms with van der Waals surface area (Å²) in [6.07, 6.45) is 0.498. The van der Waals surface area contributed by atoms with E-state index in [4.69, 9.17) is 16.7 Å². The van der Waals surface area contributed by atoms with E-state index in [0.29, 0.717) is 30.1 Å². The lowest BCUT2D eigenvalue weighted by atomic mass is 10.1. The predicted molar refractivity (Wildman–Crippen MR) is 77.3 cm³/mol. The first-order chi connectivity index (χ1) is 9.52. The molecule has 1 aromatic carbocycles. The van der Waals surface area contributed by atoms with Crippen molar-refractivity contribution in [3.05, 3.63) is 28.8 Å². The Balaban J connectivity index is 2.21. The number of nitrogens with one attached hydrogen (secondary N) is 1. The van der Waals surface area contributed by atoms with Crippen molar-refractivity contribution in [2.24, 2.45) is 5.92 Å². The number of amides is 1. The summed E-state index contributed by atoms with van der Waals surface area (Å²) in [7, 11) is 0.